The number of nitrogens with one attached hydrogen (secondary N) is 1. The SMILES string of the molecule is C=C(C)CN(C)Cc1cc(CNC2CC2)no1. The Morgan fingerprint density at radius 1 is 1.65 bits per heavy atom. The molecular weight excluding hydrogens is 214 g/mol. The summed E-state index contributed by atoms with van der Waals surface area (Å²) in [5, 5.41) is 7.48. The Hall–Kier alpha value is -1.13. The van der Waals surface area contributed by atoms with Crippen molar-refractivity contribution < 1.29 is 4.52 Å². The molecule has 1 heterocycles. The van der Waals surface area contributed by atoms with Gasteiger partial charge < -0.3 is 9.84 Å². The van der Waals surface area contributed by atoms with Crippen molar-refractivity contribution in [3.05, 3.63) is 29.7 Å². The molecule has 0 atom stereocenters. The fourth-order valence-electron chi connectivity index (χ4n) is 1.83. The van der Waals surface area contributed by atoms with Gasteiger partial charge in [0.2, 0.25) is 0 Å². The fourth-order valence-corrected chi connectivity index (χ4v) is 1.83. The molecule has 0 radical (unpaired) electrons. The highest BCUT2D eigenvalue weighted by Gasteiger charge is 2.20. The molecule has 0 unspecified atom stereocenters. The quantitative estimate of drug-likeness (QED) is 0.733. The van der Waals surface area contributed by atoms with Crippen molar-refractivity contribution in [1.29, 1.82) is 0 Å². The summed E-state index contributed by atoms with van der Waals surface area (Å²) in [6.45, 7) is 8.41. The molecule has 0 amide bonds. The van der Waals surface area contributed by atoms with Crippen molar-refractivity contribution in [3.8, 4) is 0 Å². The Morgan fingerprint density at radius 2 is 2.41 bits per heavy atom. The molecule has 1 aromatic heterocycles. The van der Waals surface area contributed by atoms with Crippen LogP contribution in [0.3, 0.4) is 0 Å². The van der Waals surface area contributed by atoms with Crippen molar-refractivity contribution in [1.82, 2.24) is 15.4 Å². The molecule has 0 bridgehead atoms. The van der Waals surface area contributed by atoms with Crippen LogP contribution in [0, 0.1) is 0 Å². The predicted molar refractivity (Wildman–Crippen MR) is 67.5 cm³/mol. The van der Waals surface area contributed by atoms with Gasteiger partial charge in [-0.25, -0.2) is 0 Å². The Balaban J connectivity index is 1.77. The van der Waals surface area contributed by atoms with Crippen LogP contribution >= 0.6 is 0 Å². The van der Waals surface area contributed by atoms with Crippen LogP contribution in [0.25, 0.3) is 0 Å². The average Bonchev–Trinajstić information content (AvgIpc) is 2.96. The summed E-state index contributed by atoms with van der Waals surface area (Å²) < 4.78 is 5.31. The number of hydrogen-bond donors (Lipinski definition) is 1. The van der Waals surface area contributed by atoms with E-state index in [9.17, 15) is 0 Å². The lowest BCUT2D eigenvalue weighted by atomic mass is 10.3. The summed E-state index contributed by atoms with van der Waals surface area (Å²) in [4.78, 5) is 2.17. The Morgan fingerprint density at radius 3 is 3.06 bits per heavy atom. The van der Waals surface area contributed by atoms with E-state index in [2.05, 4.69) is 29.0 Å². The summed E-state index contributed by atoms with van der Waals surface area (Å²) in [6, 6.07) is 2.74. The van der Waals surface area contributed by atoms with Crippen molar-refractivity contribution in [2.75, 3.05) is 13.6 Å². The first-order chi connectivity index (χ1) is 8.13. The first-order valence-corrected chi connectivity index (χ1v) is 6.14. The van der Waals surface area contributed by atoms with Crippen LogP contribution < -0.4 is 5.32 Å². The smallest absolute Gasteiger partial charge is 0.151 e. The first-order valence-electron chi connectivity index (χ1n) is 6.14. The molecular formula is C13H21N3O. The average molecular weight is 235 g/mol. The van der Waals surface area contributed by atoms with Gasteiger partial charge in [-0.15, -0.1) is 0 Å². The minimum Gasteiger partial charge on any atom is -0.360 e. The van der Waals surface area contributed by atoms with E-state index in [0.29, 0.717) is 6.04 Å². The highest BCUT2D eigenvalue weighted by molar-refractivity contribution is 5.06. The standard InChI is InChI=1S/C13H21N3O/c1-10(2)8-16(3)9-13-6-12(15-17-13)7-14-11-4-5-11/h6,11,14H,1,4-5,7-9H2,2-3H3. The molecule has 0 saturated heterocycles. The van der Waals surface area contributed by atoms with Gasteiger partial charge in [0.15, 0.2) is 5.76 Å². The number of hydrogen-bond acceptors (Lipinski definition) is 4. The molecule has 94 valence electrons. The summed E-state index contributed by atoms with van der Waals surface area (Å²) in [7, 11) is 2.05. The lowest BCUT2D eigenvalue weighted by molar-refractivity contribution is 0.286. The number of aromatic nitrogens is 1. The summed E-state index contributed by atoms with van der Waals surface area (Å²) in [6.07, 6.45) is 2.60. The molecule has 1 N–H and O–H groups in total. The van der Waals surface area contributed by atoms with E-state index in [0.717, 1.165) is 36.7 Å². The monoisotopic (exact) mass is 235 g/mol. The zero-order valence-corrected chi connectivity index (χ0v) is 10.7. The third kappa shape index (κ3) is 4.32. The number of nitrogens with zero attached hydrogens (tertiary/aromatic N) is 2. The topological polar surface area (TPSA) is 41.3 Å². The maximum atomic E-state index is 5.31. The van der Waals surface area contributed by atoms with Crippen LogP contribution in [0.1, 0.15) is 31.2 Å². The van der Waals surface area contributed by atoms with Gasteiger partial charge in [0.1, 0.15) is 0 Å². The van der Waals surface area contributed by atoms with E-state index in [1.807, 2.05) is 13.0 Å². The van der Waals surface area contributed by atoms with Gasteiger partial charge in [-0.05, 0) is 26.8 Å². The molecule has 1 fully saturated rings. The molecule has 0 spiro atoms. The summed E-state index contributed by atoms with van der Waals surface area (Å²) >= 11 is 0. The van der Waals surface area contributed by atoms with Crippen molar-refractivity contribution in [2.45, 2.75) is 38.9 Å². The molecule has 1 aliphatic carbocycles. The van der Waals surface area contributed by atoms with Gasteiger partial charge in [0, 0.05) is 25.2 Å². The van der Waals surface area contributed by atoms with Crippen molar-refractivity contribution >= 4 is 0 Å². The second kappa shape index (κ2) is 5.47. The lowest BCUT2D eigenvalue weighted by Crippen LogP contribution is -2.19. The van der Waals surface area contributed by atoms with Crippen LogP contribution in [0.4, 0.5) is 0 Å². The predicted octanol–water partition coefficient (Wildman–Crippen LogP) is 1.93. The molecule has 1 aromatic rings. The zero-order chi connectivity index (χ0) is 12.3. The fraction of sp³-hybridized carbons (Fsp3) is 0.615. The summed E-state index contributed by atoms with van der Waals surface area (Å²) in [5.74, 6) is 0.918. The van der Waals surface area contributed by atoms with Crippen molar-refractivity contribution in [3.63, 3.8) is 0 Å². The van der Waals surface area contributed by atoms with E-state index in [1.54, 1.807) is 0 Å². The van der Waals surface area contributed by atoms with Gasteiger partial charge in [-0.1, -0.05) is 17.3 Å². The molecule has 17 heavy (non-hydrogen) atoms. The molecule has 1 saturated carbocycles. The van der Waals surface area contributed by atoms with Crippen molar-refractivity contribution in [2.24, 2.45) is 0 Å². The van der Waals surface area contributed by atoms with E-state index < -0.39 is 0 Å². The van der Waals surface area contributed by atoms with Crippen LogP contribution in [-0.4, -0.2) is 29.7 Å². The van der Waals surface area contributed by atoms with E-state index >= 15 is 0 Å². The second-order valence-corrected chi connectivity index (χ2v) is 5.07. The largest absolute Gasteiger partial charge is 0.360 e. The van der Waals surface area contributed by atoms with Crippen LogP contribution in [-0.2, 0) is 13.1 Å². The van der Waals surface area contributed by atoms with E-state index in [4.69, 9.17) is 4.52 Å². The first kappa shape index (κ1) is 12.3. The van der Waals surface area contributed by atoms with E-state index in [1.165, 1.54) is 12.8 Å². The Labute approximate surface area is 103 Å². The third-order valence-electron chi connectivity index (χ3n) is 2.72. The maximum Gasteiger partial charge on any atom is 0.151 e. The zero-order valence-electron chi connectivity index (χ0n) is 10.7. The highest BCUT2D eigenvalue weighted by Crippen LogP contribution is 2.19. The lowest BCUT2D eigenvalue weighted by Gasteiger charge is -2.13. The number of likely N-dealkylation sites (N-methyl/N-ethyl adjacent to an activating group) is 1. The maximum absolute atomic E-state index is 5.31. The van der Waals surface area contributed by atoms with Gasteiger partial charge in [-0.3, -0.25) is 4.90 Å². The van der Waals surface area contributed by atoms with Gasteiger partial charge in [-0.2, -0.15) is 0 Å². The van der Waals surface area contributed by atoms with Crippen LogP contribution in [0.15, 0.2) is 22.7 Å². The minimum atomic E-state index is 0.709. The number of rotatable bonds is 7. The molecule has 4 nitrogen and oxygen atoms in total. The van der Waals surface area contributed by atoms with Gasteiger partial charge >= 0.3 is 0 Å². The molecule has 0 aromatic carbocycles. The van der Waals surface area contributed by atoms with Gasteiger partial charge in [0.05, 0.1) is 12.2 Å². The minimum absolute atomic E-state index is 0.709. The third-order valence-corrected chi connectivity index (χ3v) is 2.72. The molecule has 4 heteroatoms. The normalized spacial score (nSPS) is 15.5. The summed E-state index contributed by atoms with van der Waals surface area (Å²) in [5.41, 5.74) is 2.15. The highest BCUT2D eigenvalue weighted by atomic mass is 16.5. The van der Waals surface area contributed by atoms with Crippen LogP contribution in [0.5, 0.6) is 0 Å². The molecule has 2 rings (SSSR count). The van der Waals surface area contributed by atoms with Gasteiger partial charge in [0.25, 0.3) is 0 Å². The van der Waals surface area contributed by atoms with Crippen LogP contribution in [0.2, 0.25) is 0 Å². The Bertz CT molecular complexity index is 382. The molecule has 0 aliphatic heterocycles. The van der Waals surface area contributed by atoms with E-state index in [-0.39, 0.29) is 0 Å². The molecule has 1 aliphatic rings. The second-order valence-electron chi connectivity index (χ2n) is 5.07. The Kier molecular flexibility index (Phi) is 3.97.